The Morgan fingerprint density at radius 3 is 2.53 bits per heavy atom. The maximum absolute atomic E-state index is 12.9. The van der Waals surface area contributed by atoms with Crippen molar-refractivity contribution >= 4 is 0 Å². The van der Waals surface area contributed by atoms with E-state index in [4.69, 9.17) is 0 Å². The summed E-state index contributed by atoms with van der Waals surface area (Å²) in [5.74, 6) is 0.887. The van der Waals surface area contributed by atoms with Crippen LogP contribution in [-0.2, 0) is 19.3 Å². The number of nitrogens with zero attached hydrogens (tertiary/aromatic N) is 2. The van der Waals surface area contributed by atoms with E-state index < -0.39 is 11.9 Å². The van der Waals surface area contributed by atoms with Crippen LogP contribution in [0.4, 0.5) is 13.2 Å². The van der Waals surface area contributed by atoms with E-state index in [0.29, 0.717) is 24.0 Å². The van der Waals surface area contributed by atoms with Crippen LogP contribution in [0.1, 0.15) is 42.0 Å². The second-order valence-electron chi connectivity index (χ2n) is 4.78. The first kappa shape index (κ1) is 11.0. The summed E-state index contributed by atoms with van der Waals surface area (Å²) in [4.78, 5) is 8.02. The lowest BCUT2D eigenvalue weighted by molar-refractivity contribution is -0.142. The Labute approximate surface area is 96.5 Å². The summed E-state index contributed by atoms with van der Waals surface area (Å²) in [6, 6.07) is 0. The molecular weight excluding hydrogens is 231 g/mol. The van der Waals surface area contributed by atoms with E-state index in [2.05, 4.69) is 15.3 Å². The number of hydrogen-bond donors (Lipinski definition) is 1. The van der Waals surface area contributed by atoms with Crippen molar-refractivity contribution in [1.29, 1.82) is 0 Å². The first-order valence-electron chi connectivity index (χ1n) is 5.64. The van der Waals surface area contributed by atoms with Crippen molar-refractivity contribution in [2.45, 2.75) is 38.5 Å². The van der Waals surface area contributed by atoms with Gasteiger partial charge >= 0.3 is 6.18 Å². The van der Waals surface area contributed by atoms with Crippen molar-refractivity contribution < 1.29 is 13.2 Å². The van der Waals surface area contributed by atoms with E-state index in [0.717, 1.165) is 6.42 Å². The van der Waals surface area contributed by atoms with Crippen LogP contribution in [0.3, 0.4) is 0 Å². The van der Waals surface area contributed by atoms with Crippen molar-refractivity contribution in [3.8, 4) is 0 Å². The Hall–Kier alpha value is -1.17. The third kappa shape index (κ3) is 1.80. The van der Waals surface area contributed by atoms with E-state index >= 15 is 0 Å². The van der Waals surface area contributed by atoms with Crippen LogP contribution < -0.4 is 5.32 Å². The molecular formula is C11H12F3N3. The number of alkyl halides is 3. The normalized spacial score (nSPS) is 27.1. The predicted molar refractivity (Wildman–Crippen MR) is 54.1 cm³/mol. The van der Waals surface area contributed by atoms with Crippen LogP contribution >= 0.6 is 0 Å². The van der Waals surface area contributed by atoms with E-state index in [1.807, 2.05) is 6.92 Å². The predicted octanol–water partition coefficient (Wildman–Crippen LogP) is 2.22. The molecule has 0 spiro atoms. The minimum Gasteiger partial charge on any atom is -0.307 e. The van der Waals surface area contributed by atoms with Gasteiger partial charge in [0.05, 0.1) is 5.69 Å². The van der Waals surface area contributed by atoms with Crippen LogP contribution in [0.25, 0.3) is 0 Å². The molecule has 0 bridgehead atoms. The molecule has 0 amide bonds. The molecule has 6 heteroatoms. The van der Waals surface area contributed by atoms with Gasteiger partial charge in [0.15, 0.2) is 5.69 Å². The highest BCUT2D eigenvalue weighted by atomic mass is 19.4. The molecule has 1 aromatic heterocycles. The van der Waals surface area contributed by atoms with Crippen molar-refractivity contribution in [2.24, 2.45) is 5.92 Å². The van der Waals surface area contributed by atoms with Crippen LogP contribution in [-0.4, -0.2) is 9.97 Å². The largest absolute Gasteiger partial charge is 0.433 e. The lowest BCUT2D eigenvalue weighted by atomic mass is 10.1. The molecule has 1 saturated carbocycles. The SMILES string of the molecule is CC1CC1c1nc2c(c(C(F)(F)F)n1)CNC2. The van der Waals surface area contributed by atoms with E-state index in [1.165, 1.54) is 0 Å². The molecule has 0 saturated heterocycles. The first-order chi connectivity index (χ1) is 7.97. The molecule has 2 atom stereocenters. The average Bonchev–Trinajstić information content (AvgIpc) is 2.78. The second kappa shape index (κ2) is 3.41. The zero-order chi connectivity index (χ0) is 12.2. The highest BCUT2D eigenvalue weighted by molar-refractivity contribution is 5.32. The molecule has 1 aliphatic carbocycles. The van der Waals surface area contributed by atoms with Crippen molar-refractivity contribution in [3.63, 3.8) is 0 Å². The monoisotopic (exact) mass is 243 g/mol. The van der Waals surface area contributed by atoms with Gasteiger partial charge in [-0.05, 0) is 12.3 Å². The molecule has 0 radical (unpaired) electrons. The summed E-state index contributed by atoms with van der Waals surface area (Å²) in [6.07, 6.45) is -3.49. The van der Waals surface area contributed by atoms with Gasteiger partial charge in [0.25, 0.3) is 0 Å². The highest BCUT2D eigenvalue weighted by Gasteiger charge is 2.42. The molecule has 92 valence electrons. The number of aromatic nitrogens is 2. The molecule has 1 aromatic rings. The van der Waals surface area contributed by atoms with Crippen LogP contribution in [0, 0.1) is 5.92 Å². The maximum atomic E-state index is 12.9. The number of fused-ring (bicyclic) bond motifs is 1. The minimum absolute atomic E-state index is 0.113. The van der Waals surface area contributed by atoms with Crippen LogP contribution in [0.15, 0.2) is 0 Å². The topological polar surface area (TPSA) is 37.8 Å². The van der Waals surface area contributed by atoms with Gasteiger partial charge in [-0.25, -0.2) is 9.97 Å². The Kier molecular flexibility index (Phi) is 2.20. The standard InChI is InChI=1S/C11H12F3N3/c1-5-2-6(5)10-16-8-4-15-3-7(8)9(17-10)11(12,13)14/h5-6,15H,2-4H2,1H3. The summed E-state index contributed by atoms with van der Waals surface area (Å²) in [5, 5.41) is 2.90. The molecule has 17 heavy (non-hydrogen) atoms. The Morgan fingerprint density at radius 2 is 1.94 bits per heavy atom. The summed E-state index contributed by atoms with van der Waals surface area (Å²) in [5.41, 5.74) is -0.0161. The number of rotatable bonds is 1. The summed E-state index contributed by atoms with van der Waals surface area (Å²) >= 11 is 0. The maximum Gasteiger partial charge on any atom is 0.433 e. The lowest BCUT2D eigenvalue weighted by Crippen LogP contribution is -2.15. The smallest absolute Gasteiger partial charge is 0.307 e. The molecule has 3 rings (SSSR count). The summed E-state index contributed by atoms with van der Waals surface area (Å²) < 4.78 is 38.7. The van der Waals surface area contributed by atoms with Crippen molar-refractivity contribution in [3.05, 3.63) is 22.8 Å². The molecule has 1 N–H and O–H groups in total. The third-order valence-corrected chi connectivity index (χ3v) is 3.41. The van der Waals surface area contributed by atoms with Gasteiger partial charge in [0, 0.05) is 24.6 Å². The van der Waals surface area contributed by atoms with Gasteiger partial charge in [-0.2, -0.15) is 13.2 Å². The summed E-state index contributed by atoms with van der Waals surface area (Å²) in [7, 11) is 0. The number of halogens is 3. The van der Waals surface area contributed by atoms with Crippen LogP contribution in [0.5, 0.6) is 0 Å². The van der Waals surface area contributed by atoms with E-state index in [1.54, 1.807) is 0 Å². The van der Waals surface area contributed by atoms with Gasteiger partial charge in [-0.3, -0.25) is 0 Å². The van der Waals surface area contributed by atoms with Crippen molar-refractivity contribution in [1.82, 2.24) is 15.3 Å². The second-order valence-corrected chi connectivity index (χ2v) is 4.78. The van der Waals surface area contributed by atoms with E-state index in [-0.39, 0.29) is 18.0 Å². The lowest BCUT2D eigenvalue weighted by Gasteiger charge is -2.11. The number of hydrogen-bond acceptors (Lipinski definition) is 3. The fraction of sp³-hybridized carbons (Fsp3) is 0.636. The first-order valence-corrected chi connectivity index (χ1v) is 5.64. The Bertz CT molecular complexity index is 470. The molecule has 2 aliphatic rings. The average molecular weight is 243 g/mol. The third-order valence-electron chi connectivity index (χ3n) is 3.41. The van der Waals surface area contributed by atoms with Crippen LogP contribution in [0.2, 0.25) is 0 Å². The zero-order valence-electron chi connectivity index (χ0n) is 9.30. The van der Waals surface area contributed by atoms with E-state index in [9.17, 15) is 13.2 Å². The molecule has 2 heterocycles. The van der Waals surface area contributed by atoms with Gasteiger partial charge in [0.2, 0.25) is 0 Å². The highest BCUT2D eigenvalue weighted by Crippen LogP contribution is 2.46. The zero-order valence-corrected chi connectivity index (χ0v) is 9.30. The Balaban J connectivity index is 2.10. The Morgan fingerprint density at radius 1 is 1.24 bits per heavy atom. The van der Waals surface area contributed by atoms with Crippen molar-refractivity contribution in [2.75, 3.05) is 0 Å². The number of nitrogens with one attached hydrogen (secondary N) is 1. The molecule has 0 aromatic carbocycles. The molecule has 1 fully saturated rings. The van der Waals surface area contributed by atoms with Gasteiger partial charge in [0.1, 0.15) is 5.82 Å². The fourth-order valence-electron chi connectivity index (χ4n) is 2.27. The van der Waals surface area contributed by atoms with Gasteiger partial charge < -0.3 is 5.32 Å². The van der Waals surface area contributed by atoms with Gasteiger partial charge in [-0.15, -0.1) is 0 Å². The molecule has 2 unspecified atom stereocenters. The molecule has 3 nitrogen and oxygen atoms in total. The quantitative estimate of drug-likeness (QED) is 0.821. The summed E-state index contributed by atoms with van der Waals surface area (Å²) in [6.45, 7) is 2.63. The molecule has 1 aliphatic heterocycles. The fourth-order valence-corrected chi connectivity index (χ4v) is 2.27. The minimum atomic E-state index is -4.38. The van der Waals surface area contributed by atoms with Gasteiger partial charge in [-0.1, -0.05) is 6.92 Å².